The Kier molecular flexibility index (Phi) is 6.67. The number of thioether (sulfide) groups is 1. The normalized spacial score (nSPS) is 11.2. The van der Waals surface area contributed by atoms with Gasteiger partial charge in [0.2, 0.25) is 0 Å². The van der Waals surface area contributed by atoms with Crippen LogP contribution in [0, 0.1) is 0 Å². The largest absolute Gasteiger partial charge is 0.497 e. The molecule has 0 aliphatic rings. The van der Waals surface area contributed by atoms with E-state index in [2.05, 4.69) is 6.58 Å². The number of benzene rings is 2. The van der Waals surface area contributed by atoms with Gasteiger partial charge >= 0.3 is 6.18 Å². The van der Waals surface area contributed by atoms with E-state index in [1.54, 1.807) is 13.2 Å². The van der Waals surface area contributed by atoms with Crippen molar-refractivity contribution in [2.45, 2.75) is 11.1 Å². The summed E-state index contributed by atoms with van der Waals surface area (Å²) in [6.07, 6.45) is -4.35. The van der Waals surface area contributed by atoms with Gasteiger partial charge in [-0.15, -0.1) is 11.8 Å². The first-order chi connectivity index (χ1) is 11.8. The SMILES string of the molecule is C=C(COc1ccc(C(F)(F)F)cc1)CSc1ccc(OC)cc1Cl. The Balaban J connectivity index is 1.83. The molecule has 2 nitrogen and oxygen atoms in total. The number of rotatable bonds is 7. The summed E-state index contributed by atoms with van der Waals surface area (Å²) in [7, 11) is 1.57. The smallest absolute Gasteiger partial charge is 0.416 e. The molecule has 0 aliphatic carbocycles. The van der Waals surface area contributed by atoms with E-state index in [0.717, 1.165) is 22.6 Å². The van der Waals surface area contributed by atoms with Crippen LogP contribution < -0.4 is 9.47 Å². The van der Waals surface area contributed by atoms with E-state index in [1.165, 1.54) is 23.9 Å². The fourth-order valence-corrected chi connectivity index (χ4v) is 3.01. The first-order valence-corrected chi connectivity index (χ1v) is 8.59. The van der Waals surface area contributed by atoms with Gasteiger partial charge in [-0.2, -0.15) is 13.2 Å². The summed E-state index contributed by atoms with van der Waals surface area (Å²) in [4.78, 5) is 0.887. The average Bonchev–Trinajstić information content (AvgIpc) is 2.58. The summed E-state index contributed by atoms with van der Waals surface area (Å²) in [5.41, 5.74) is 0.0835. The Hall–Kier alpha value is -1.79. The van der Waals surface area contributed by atoms with Crippen LogP contribution in [0.2, 0.25) is 5.02 Å². The van der Waals surface area contributed by atoms with Gasteiger partial charge in [0.25, 0.3) is 0 Å². The lowest BCUT2D eigenvalue weighted by molar-refractivity contribution is -0.137. The van der Waals surface area contributed by atoms with Crippen LogP contribution in [0.4, 0.5) is 13.2 Å². The maximum atomic E-state index is 12.5. The number of hydrogen-bond acceptors (Lipinski definition) is 3. The molecule has 0 spiro atoms. The van der Waals surface area contributed by atoms with Gasteiger partial charge < -0.3 is 9.47 Å². The van der Waals surface area contributed by atoms with E-state index in [-0.39, 0.29) is 6.61 Å². The van der Waals surface area contributed by atoms with Crippen LogP contribution in [0.25, 0.3) is 0 Å². The summed E-state index contributed by atoms with van der Waals surface area (Å²) in [6.45, 7) is 4.13. The minimum atomic E-state index is -4.35. The van der Waals surface area contributed by atoms with E-state index in [0.29, 0.717) is 22.3 Å². The Morgan fingerprint density at radius 1 is 1.12 bits per heavy atom. The zero-order chi connectivity index (χ0) is 18.4. The Morgan fingerprint density at radius 3 is 2.32 bits per heavy atom. The molecular weight excluding hydrogens is 373 g/mol. The molecule has 134 valence electrons. The van der Waals surface area contributed by atoms with Gasteiger partial charge in [0.15, 0.2) is 0 Å². The summed E-state index contributed by atoms with van der Waals surface area (Å²) in [5.74, 6) is 1.62. The first-order valence-electron chi connectivity index (χ1n) is 7.22. The third-order valence-electron chi connectivity index (χ3n) is 3.20. The van der Waals surface area contributed by atoms with Crippen molar-refractivity contribution in [3.63, 3.8) is 0 Å². The topological polar surface area (TPSA) is 18.5 Å². The van der Waals surface area contributed by atoms with Crippen molar-refractivity contribution in [2.24, 2.45) is 0 Å². The molecule has 2 rings (SSSR count). The molecule has 0 saturated heterocycles. The highest BCUT2D eigenvalue weighted by Gasteiger charge is 2.29. The van der Waals surface area contributed by atoms with Gasteiger partial charge in [0, 0.05) is 10.6 Å². The molecule has 0 bridgehead atoms. The predicted molar refractivity (Wildman–Crippen MR) is 94.8 cm³/mol. The maximum Gasteiger partial charge on any atom is 0.416 e. The van der Waals surface area contributed by atoms with Gasteiger partial charge in [0.05, 0.1) is 17.7 Å². The van der Waals surface area contributed by atoms with Crippen LogP contribution in [0.3, 0.4) is 0 Å². The molecule has 0 heterocycles. The third-order valence-corrected chi connectivity index (χ3v) is 4.84. The van der Waals surface area contributed by atoms with Crippen molar-refractivity contribution in [1.29, 1.82) is 0 Å². The highest BCUT2D eigenvalue weighted by molar-refractivity contribution is 7.99. The number of methoxy groups -OCH3 is 1. The highest BCUT2D eigenvalue weighted by atomic mass is 35.5. The zero-order valence-electron chi connectivity index (χ0n) is 13.4. The minimum Gasteiger partial charge on any atom is -0.497 e. The molecule has 0 aromatic heterocycles. The van der Waals surface area contributed by atoms with Crippen molar-refractivity contribution < 1.29 is 22.6 Å². The molecule has 0 radical (unpaired) electrons. The van der Waals surface area contributed by atoms with Crippen LogP contribution in [0.15, 0.2) is 59.5 Å². The van der Waals surface area contributed by atoms with Crippen molar-refractivity contribution in [1.82, 2.24) is 0 Å². The molecule has 0 aliphatic heterocycles. The summed E-state index contributed by atoms with van der Waals surface area (Å²) >= 11 is 7.66. The zero-order valence-corrected chi connectivity index (χ0v) is 15.0. The first kappa shape index (κ1) is 19.5. The maximum absolute atomic E-state index is 12.5. The van der Waals surface area contributed by atoms with E-state index in [9.17, 15) is 13.2 Å². The molecule has 0 atom stereocenters. The molecule has 0 unspecified atom stereocenters. The number of hydrogen-bond donors (Lipinski definition) is 0. The minimum absolute atomic E-state index is 0.214. The van der Waals surface area contributed by atoms with Gasteiger partial charge in [0.1, 0.15) is 18.1 Å². The molecule has 25 heavy (non-hydrogen) atoms. The average molecular weight is 389 g/mol. The fourth-order valence-electron chi connectivity index (χ4n) is 1.87. The summed E-state index contributed by atoms with van der Waals surface area (Å²) < 4.78 is 48.0. The van der Waals surface area contributed by atoms with Crippen molar-refractivity contribution in [2.75, 3.05) is 19.5 Å². The van der Waals surface area contributed by atoms with E-state index in [4.69, 9.17) is 21.1 Å². The van der Waals surface area contributed by atoms with Crippen LogP contribution in [-0.2, 0) is 6.18 Å². The second-order valence-corrected chi connectivity index (χ2v) is 6.57. The quantitative estimate of drug-likeness (QED) is 0.422. The second kappa shape index (κ2) is 8.54. The highest BCUT2D eigenvalue weighted by Crippen LogP contribution is 2.32. The molecule has 0 N–H and O–H groups in total. The van der Waals surface area contributed by atoms with E-state index in [1.807, 2.05) is 12.1 Å². The lowest BCUT2D eigenvalue weighted by Crippen LogP contribution is -2.05. The standard InChI is InChI=1S/C18H16ClF3O2S/c1-12(11-25-17-8-7-15(23-2)9-16(17)19)10-24-14-5-3-13(4-6-14)18(20,21)22/h3-9H,1,10-11H2,2H3. The van der Waals surface area contributed by atoms with Gasteiger partial charge in [-0.25, -0.2) is 0 Å². The van der Waals surface area contributed by atoms with Crippen molar-refractivity contribution >= 4 is 23.4 Å². The lowest BCUT2D eigenvalue weighted by atomic mass is 10.2. The molecule has 7 heteroatoms. The summed E-state index contributed by atoms with van der Waals surface area (Å²) in [5, 5.41) is 0.584. The molecule has 2 aromatic carbocycles. The Labute approximate surface area is 153 Å². The molecule has 0 fully saturated rings. The molecule has 0 saturated carbocycles. The Morgan fingerprint density at radius 2 is 1.76 bits per heavy atom. The third kappa shape index (κ3) is 5.90. The monoisotopic (exact) mass is 388 g/mol. The second-order valence-electron chi connectivity index (χ2n) is 5.15. The summed E-state index contributed by atoms with van der Waals surface area (Å²) in [6, 6.07) is 9.97. The van der Waals surface area contributed by atoms with Crippen LogP contribution >= 0.6 is 23.4 Å². The van der Waals surface area contributed by atoms with E-state index < -0.39 is 11.7 Å². The van der Waals surface area contributed by atoms with Crippen LogP contribution in [0.1, 0.15) is 5.56 Å². The van der Waals surface area contributed by atoms with Gasteiger partial charge in [-0.05, 0) is 48.0 Å². The van der Waals surface area contributed by atoms with Crippen molar-refractivity contribution in [3.05, 3.63) is 65.2 Å². The predicted octanol–water partition coefficient (Wildman–Crippen LogP) is 6.09. The van der Waals surface area contributed by atoms with Crippen molar-refractivity contribution in [3.8, 4) is 11.5 Å². The van der Waals surface area contributed by atoms with E-state index >= 15 is 0 Å². The molecule has 2 aromatic rings. The van der Waals surface area contributed by atoms with Crippen LogP contribution in [0.5, 0.6) is 11.5 Å². The number of halogens is 4. The molecule has 0 amide bonds. The van der Waals surface area contributed by atoms with Gasteiger partial charge in [-0.3, -0.25) is 0 Å². The van der Waals surface area contributed by atoms with Gasteiger partial charge in [-0.1, -0.05) is 18.2 Å². The number of alkyl halides is 3. The number of ether oxygens (including phenoxy) is 2. The Bertz CT molecular complexity index is 730. The van der Waals surface area contributed by atoms with Crippen LogP contribution in [-0.4, -0.2) is 19.5 Å². The fraction of sp³-hybridized carbons (Fsp3) is 0.222. The molecular formula is C18H16ClF3O2S. The lowest BCUT2D eigenvalue weighted by Gasteiger charge is -2.11.